The summed E-state index contributed by atoms with van der Waals surface area (Å²) in [7, 11) is 1.64. The van der Waals surface area contributed by atoms with Crippen LogP contribution >= 0.6 is 23.1 Å². The molecule has 5 nitrogen and oxygen atoms in total. The molecule has 0 saturated heterocycles. The van der Waals surface area contributed by atoms with Crippen LogP contribution in [0.3, 0.4) is 0 Å². The van der Waals surface area contributed by atoms with Crippen molar-refractivity contribution >= 4 is 44.9 Å². The van der Waals surface area contributed by atoms with E-state index in [2.05, 4.69) is 10.3 Å². The summed E-state index contributed by atoms with van der Waals surface area (Å²) in [4.78, 5) is 29.6. The third-order valence-corrected chi connectivity index (χ3v) is 6.27. The monoisotopic (exact) mass is 425 g/mol. The standard InChI is InChI=1S/C21H16FN3O2S2/c1-25-20(27)19-18(16(11-28-19)13-6-3-2-4-7-13)24-21(25)29-12-17(26)23-15-9-5-8-14(22)10-15/h2-11H,12H2,1H3,(H,23,26). The van der Waals surface area contributed by atoms with Gasteiger partial charge in [0.15, 0.2) is 5.16 Å². The van der Waals surface area contributed by atoms with Crippen LogP contribution in [-0.2, 0) is 11.8 Å². The highest BCUT2D eigenvalue weighted by molar-refractivity contribution is 7.99. The third-order valence-electron chi connectivity index (χ3n) is 4.28. The van der Waals surface area contributed by atoms with Gasteiger partial charge in [0, 0.05) is 23.7 Å². The lowest BCUT2D eigenvalue weighted by atomic mass is 10.1. The van der Waals surface area contributed by atoms with Gasteiger partial charge in [0.25, 0.3) is 5.56 Å². The molecule has 0 atom stereocenters. The fourth-order valence-corrected chi connectivity index (χ4v) is 4.62. The van der Waals surface area contributed by atoms with Crippen LogP contribution in [0.25, 0.3) is 21.3 Å². The van der Waals surface area contributed by atoms with Crippen molar-refractivity contribution in [3.8, 4) is 11.1 Å². The molecule has 0 aliphatic rings. The molecule has 0 saturated carbocycles. The van der Waals surface area contributed by atoms with E-state index in [1.165, 1.54) is 45.9 Å². The van der Waals surface area contributed by atoms with Crippen molar-refractivity contribution in [3.05, 3.63) is 76.1 Å². The van der Waals surface area contributed by atoms with Gasteiger partial charge in [-0.25, -0.2) is 9.37 Å². The topological polar surface area (TPSA) is 64.0 Å². The molecule has 2 aromatic heterocycles. The van der Waals surface area contributed by atoms with E-state index in [1.807, 2.05) is 35.7 Å². The third kappa shape index (κ3) is 4.08. The number of thiophene rings is 1. The molecule has 0 bridgehead atoms. The summed E-state index contributed by atoms with van der Waals surface area (Å²) >= 11 is 2.53. The van der Waals surface area contributed by atoms with Crippen molar-refractivity contribution < 1.29 is 9.18 Å². The molecule has 0 radical (unpaired) electrons. The molecule has 2 heterocycles. The molecule has 146 valence electrons. The molecule has 0 aliphatic heterocycles. The van der Waals surface area contributed by atoms with Crippen molar-refractivity contribution in [3.63, 3.8) is 0 Å². The molecule has 4 aromatic rings. The van der Waals surface area contributed by atoms with Gasteiger partial charge in [-0.05, 0) is 23.8 Å². The first kappa shape index (κ1) is 19.4. The van der Waals surface area contributed by atoms with Crippen molar-refractivity contribution in [2.75, 3.05) is 11.1 Å². The van der Waals surface area contributed by atoms with E-state index in [1.54, 1.807) is 13.1 Å². The van der Waals surface area contributed by atoms with Gasteiger partial charge in [0.05, 0.1) is 11.3 Å². The minimum atomic E-state index is -0.420. The number of hydrogen-bond acceptors (Lipinski definition) is 5. The van der Waals surface area contributed by atoms with Crippen LogP contribution in [-0.4, -0.2) is 21.2 Å². The van der Waals surface area contributed by atoms with Crippen molar-refractivity contribution in [2.45, 2.75) is 5.16 Å². The second kappa shape index (κ2) is 8.18. The lowest BCUT2D eigenvalue weighted by Crippen LogP contribution is -2.20. The molecular weight excluding hydrogens is 409 g/mol. The maximum atomic E-state index is 13.3. The number of nitrogens with one attached hydrogen (secondary N) is 1. The van der Waals surface area contributed by atoms with E-state index >= 15 is 0 Å². The van der Waals surface area contributed by atoms with E-state index < -0.39 is 5.82 Å². The number of halogens is 1. The predicted molar refractivity (Wildman–Crippen MR) is 116 cm³/mol. The minimum Gasteiger partial charge on any atom is -0.325 e. The lowest BCUT2D eigenvalue weighted by molar-refractivity contribution is -0.113. The number of nitrogens with zero attached hydrogens (tertiary/aromatic N) is 2. The number of thioether (sulfide) groups is 1. The fourth-order valence-electron chi connectivity index (χ4n) is 2.87. The van der Waals surface area contributed by atoms with Crippen LogP contribution in [0.15, 0.2) is 69.9 Å². The molecule has 0 aliphatic carbocycles. The van der Waals surface area contributed by atoms with Gasteiger partial charge >= 0.3 is 0 Å². The average Bonchev–Trinajstić information content (AvgIpc) is 3.14. The second-order valence-corrected chi connectivity index (χ2v) is 8.12. The molecule has 1 N–H and O–H groups in total. The van der Waals surface area contributed by atoms with Crippen LogP contribution in [0.2, 0.25) is 0 Å². The number of hydrogen-bond donors (Lipinski definition) is 1. The Morgan fingerprint density at radius 3 is 2.76 bits per heavy atom. The summed E-state index contributed by atoms with van der Waals surface area (Å²) in [6.07, 6.45) is 0. The number of carbonyl (C=O) groups excluding carboxylic acids is 1. The van der Waals surface area contributed by atoms with Gasteiger partial charge in [-0.1, -0.05) is 48.2 Å². The van der Waals surface area contributed by atoms with Gasteiger partial charge in [-0.3, -0.25) is 14.2 Å². The number of aromatic nitrogens is 2. The SMILES string of the molecule is Cn1c(SCC(=O)Nc2cccc(F)c2)nc2c(-c3ccccc3)csc2c1=O. The largest absolute Gasteiger partial charge is 0.325 e. The normalized spacial score (nSPS) is 11.0. The Bertz CT molecular complexity index is 1250. The zero-order valence-electron chi connectivity index (χ0n) is 15.4. The Hall–Kier alpha value is -2.97. The van der Waals surface area contributed by atoms with E-state index in [-0.39, 0.29) is 17.2 Å². The highest BCUT2D eigenvalue weighted by Gasteiger charge is 2.16. The van der Waals surface area contributed by atoms with E-state index in [4.69, 9.17) is 0 Å². The van der Waals surface area contributed by atoms with E-state index in [9.17, 15) is 14.0 Å². The first-order valence-corrected chi connectivity index (χ1v) is 10.6. The first-order valence-electron chi connectivity index (χ1n) is 8.75. The molecule has 2 aromatic carbocycles. The lowest BCUT2D eigenvalue weighted by Gasteiger charge is -2.09. The van der Waals surface area contributed by atoms with Gasteiger partial charge < -0.3 is 5.32 Å². The van der Waals surface area contributed by atoms with Gasteiger partial charge in [-0.15, -0.1) is 11.3 Å². The Kier molecular flexibility index (Phi) is 5.46. The van der Waals surface area contributed by atoms with Crippen molar-refractivity contribution in [2.24, 2.45) is 7.05 Å². The molecule has 1 amide bonds. The van der Waals surface area contributed by atoms with Gasteiger partial charge in [0.1, 0.15) is 10.5 Å². The Balaban J connectivity index is 1.59. The number of benzene rings is 2. The number of anilines is 1. The highest BCUT2D eigenvalue weighted by Crippen LogP contribution is 2.32. The number of rotatable bonds is 5. The summed E-state index contributed by atoms with van der Waals surface area (Å²) in [5.41, 5.74) is 2.76. The molecule has 0 unspecified atom stereocenters. The summed E-state index contributed by atoms with van der Waals surface area (Å²) in [6, 6.07) is 15.5. The summed E-state index contributed by atoms with van der Waals surface area (Å²) in [6.45, 7) is 0. The quantitative estimate of drug-likeness (QED) is 0.377. The molecule has 29 heavy (non-hydrogen) atoms. The highest BCUT2D eigenvalue weighted by atomic mass is 32.2. The van der Waals surface area contributed by atoms with Gasteiger partial charge in [0.2, 0.25) is 5.91 Å². The van der Waals surface area contributed by atoms with Crippen LogP contribution in [0.4, 0.5) is 10.1 Å². The zero-order chi connectivity index (χ0) is 20.4. The Morgan fingerprint density at radius 2 is 2.00 bits per heavy atom. The maximum absolute atomic E-state index is 13.3. The minimum absolute atomic E-state index is 0.0487. The van der Waals surface area contributed by atoms with Crippen LogP contribution in [0.5, 0.6) is 0 Å². The van der Waals surface area contributed by atoms with Crippen LogP contribution in [0.1, 0.15) is 0 Å². The Labute approximate surface area is 174 Å². The number of fused-ring (bicyclic) bond motifs is 1. The smallest absolute Gasteiger partial charge is 0.271 e. The number of amides is 1. The summed E-state index contributed by atoms with van der Waals surface area (Å²) in [5, 5.41) is 5.03. The molecular formula is C21H16FN3O2S2. The number of carbonyl (C=O) groups is 1. The first-order chi connectivity index (χ1) is 14.0. The van der Waals surface area contributed by atoms with Crippen molar-refractivity contribution in [1.82, 2.24) is 9.55 Å². The Morgan fingerprint density at radius 1 is 1.21 bits per heavy atom. The van der Waals surface area contributed by atoms with E-state index in [0.717, 1.165) is 11.1 Å². The molecule has 8 heteroatoms. The average molecular weight is 426 g/mol. The predicted octanol–water partition coefficient (Wildman–Crippen LogP) is 4.53. The van der Waals surface area contributed by atoms with Crippen molar-refractivity contribution in [1.29, 1.82) is 0 Å². The van der Waals surface area contributed by atoms with E-state index in [0.29, 0.717) is 21.1 Å². The van der Waals surface area contributed by atoms with Crippen LogP contribution < -0.4 is 10.9 Å². The summed E-state index contributed by atoms with van der Waals surface area (Å²) in [5.74, 6) is -0.674. The second-order valence-electron chi connectivity index (χ2n) is 6.30. The molecule has 0 spiro atoms. The van der Waals surface area contributed by atoms with Crippen LogP contribution in [0, 0.1) is 5.82 Å². The molecule has 0 fully saturated rings. The fraction of sp³-hybridized carbons (Fsp3) is 0.0952. The summed E-state index contributed by atoms with van der Waals surface area (Å²) < 4.78 is 15.3. The molecule has 4 rings (SSSR count). The maximum Gasteiger partial charge on any atom is 0.271 e. The van der Waals surface area contributed by atoms with Gasteiger partial charge in [-0.2, -0.15) is 0 Å². The zero-order valence-corrected chi connectivity index (χ0v) is 17.0.